The molecule has 0 spiro atoms. The molecule has 0 aliphatic carbocycles. The van der Waals surface area contributed by atoms with Crippen LogP contribution in [0.3, 0.4) is 0 Å². The third-order valence-corrected chi connectivity index (χ3v) is 1.71. The first-order valence-electron chi connectivity index (χ1n) is 4.23. The highest BCUT2D eigenvalue weighted by molar-refractivity contribution is 5.32. The Labute approximate surface area is 77.4 Å². The monoisotopic (exact) mass is 181 g/mol. The standard InChI is InChI=1S/C9H15N3O/c1-9(2,3)8-11-6(10-4)5-7(13)12-8/h5H,1-4H3,(H2,10,11,12,13). The van der Waals surface area contributed by atoms with E-state index < -0.39 is 0 Å². The molecular formula is C9H15N3O. The zero-order valence-electron chi connectivity index (χ0n) is 8.43. The van der Waals surface area contributed by atoms with Crippen LogP contribution in [0.25, 0.3) is 0 Å². The molecular weight excluding hydrogens is 166 g/mol. The fourth-order valence-electron chi connectivity index (χ4n) is 0.941. The number of aromatic amines is 1. The van der Waals surface area contributed by atoms with Crippen LogP contribution >= 0.6 is 0 Å². The van der Waals surface area contributed by atoms with Gasteiger partial charge >= 0.3 is 0 Å². The lowest BCUT2D eigenvalue weighted by molar-refractivity contribution is 0.543. The smallest absolute Gasteiger partial charge is 0.252 e. The molecule has 1 aromatic heterocycles. The number of nitrogens with zero attached hydrogens (tertiary/aromatic N) is 1. The van der Waals surface area contributed by atoms with Gasteiger partial charge in [0.1, 0.15) is 11.6 Å². The Hall–Kier alpha value is -1.32. The molecule has 0 aliphatic heterocycles. The molecule has 13 heavy (non-hydrogen) atoms. The number of aromatic nitrogens is 2. The highest BCUT2D eigenvalue weighted by Crippen LogP contribution is 2.17. The molecule has 0 atom stereocenters. The van der Waals surface area contributed by atoms with Crippen molar-refractivity contribution in [3.8, 4) is 0 Å². The van der Waals surface area contributed by atoms with Crippen LogP contribution in [0.1, 0.15) is 26.6 Å². The Bertz CT molecular complexity index is 349. The molecule has 0 aromatic carbocycles. The molecule has 0 bridgehead atoms. The molecule has 0 aliphatic rings. The van der Waals surface area contributed by atoms with Crippen LogP contribution in [0.5, 0.6) is 0 Å². The quantitative estimate of drug-likeness (QED) is 0.682. The predicted molar refractivity (Wildman–Crippen MR) is 53.1 cm³/mol. The fourth-order valence-corrected chi connectivity index (χ4v) is 0.941. The molecule has 2 N–H and O–H groups in total. The normalized spacial score (nSPS) is 11.4. The van der Waals surface area contributed by atoms with Crippen molar-refractivity contribution in [2.45, 2.75) is 26.2 Å². The van der Waals surface area contributed by atoms with Gasteiger partial charge in [0.05, 0.1) is 0 Å². The van der Waals surface area contributed by atoms with Gasteiger partial charge < -0.3 is 10.3 Å². The van der Waals surface area contributed by atoms with E-state index in [-0.39, 0.29) is 11.0 Å². The van der Waals surface area contributed by atoms with Crippen LogP contribution < -0.4 is 10.9 Å². The van der Waals surface area contributed by atoms with E-state index in [4.69, 9.17) is 0 Å². The zero-order valence-corrected chi connectivity index (χ0v) is 8.43. The molecule has 4 heteroatoms. The van der Waals surface area contributed by atoms with Gasteiger partial charge in [-0.25, -0.2) is 4.98 Å². The number of hydrogen-bond acceptors (Lipinski definition) is 3. The fraction of sp³-hybridized carbons (Fsp3) is 0.556. The topological polar surface area (TPSA) is 57.8 Å². The van der Waals surface area contributed by atoms with Crippen LogP contribution in [0.15, 0.2) is 10.9 Å². The van der Waals surface area contributed by atoms with Gasteiger partial charge in [0.25, 0.3) is 5.56 Å². The minimum Gasteiger partial charge on any atom is -0.373 e. The summed E-state index contributed by atoms with van der Waals surface area (Å²) in [6.45, 7) is 6.01. The van der Waals surface area contributed by atoms with Crippen molar-refractivity contribution in [2.75, 3.05) is 12.4 Å². The molecule has 1 rings (SSSR count). The largest absolute Gasteiger partial charge is 0.373 e. The molecule has 4 nitrogen and oxygen atoms in total. The SMILES string of the molecule is CNc1cc(=O)[nH]c(C(C)(C)C)n1. The number of hydrogen-bond donors (Lipinski definition) is 2. The van der Waals surface area contributed by atoms with Crippen molar-refractivity contribution in [2.24, 2.45) is 0 Å². The zero-order chi connectivity index (χ0) is 10.1. The van der Waals surface area contributed by atoms with Gasteiger partial charge in [-0.05, 0) is 0 Å². The Morgan fingerprint density at radius 1 is 1.46 bits per heavy atom. The molecule has 0 saturated carbocycles. The van der Waals surface area contributed by atoms with Gasteiger partial charge in [0.15, 0.2) is 0 Å². The number of nitrogens with one attached hydrogen (secondary N) is 2. The molecule has 0 amide bonds. The van der Waals surface area contributed by atoms with E-state index in [9.17, 15) is 4.79 Å². The van der Waals surface area contributed by atoms with Gasteiger partial charge in [0, 0.05) is 18.5 Å². The summed E-state index contributed by atoms with van der Waals surface area (Å²) in [5.74, 6) is 1.30. The Kier molecular flexibility index (Phi) is 2.40. The summed E-state index contributed by atoms with van der Waals surface area (Å²) in [5, 5.41) is 2.85. The third-order valence-electron chi connectivity index (χ3n) is 1.71. The Balaban J connectivity index is 3.24. The van der Waals surface area contributed by atoms with Gasteiger partial charge in [0.2, 0.25) is 0 Å². The summed E-state index contributed by atoms with van der Waals surface area (Å²) in [6.07, 6.45) is 0. The van der Waals surface area contributed by atoms with Crippen molar-refractivity contribution in [1.82, 2.24) is 9.97 Å². The lowest BCUT2D eigenvalue weighted by Gasteiger charge is -2.17. The lowest BCUT2D eigenvalue weighted by Crippen LogP contribution is -2.22. The molecule has 0 radical (unpaired) electrons. The van der Waals surface area contributed by atoms with Crippen LogP contribution in [-0.2, 0) is 5.41 Å². The van der Waals surface area contributed by atoms with Crippen molar-refractivity contribution >= 4 is 5.82 Å². The van der Waals surface area contributed by atoms with Crippen LogP contribution in [0.2, 0.25) is 0 Å². The Morgan fingerprint density at radius 2 is 2.08 bits per heavy atom. The number of anilines is 1. The van der Waals surface area contributed by atoms with Crippen molar-refractivity contribution in [3.63, 3.8) is 0 Å². The Morgan fingerprint density at radius 3 is 2.54 bits per heavy atom. The van der Waals surface area contributed by atoms with E-state index in [0.717, 1.165) is 0 Å². The summed E-state index contributed by atoms with van der Waals surface area (Å²) < 4.78 is 0. The average Bonchev–Trinajstić information content (AvgIpc) is 2.01. The van der Waals surface area contributed by atoms with Crippen molar-refractivity contribution < 1.29 is 0 Å². The highest BCUT2D eigenvalue weighted by Gasteiger charge is 2.16. The first-order chi connectivity index (χ1) is 5.93. The molecule has 0 unspecified atom stereocenters. The lowest BCUT2D eigenvalue weighted by atomic mass is 9.96. The van der Waals surface area contributed by atoms with Gasteiger partial charge in [-0.3, -0.25) is 4.79 Å². The molecule has 0 saturated heterocycles. The van der Waals surface area contributed by atoms with E-state index >= 15 is 0 Å². The number of H-pyrrole nitrogens is 1. The van der Waals surface area contributed by atoms with Gasteiger partial charge in [-0.15, -0.1) is 0 Å². The summed E-state index contributed by atoms with van der Waals surface area (Å²) in [6, 6.07) is 1.44. The second kappa shape index (κ2) is 3.20. The van der Waals surface area contributed by atoms with E-state index in [1.807, 2.05) is 20.8 Å². The van der Waals surface area contributed by atoms with Crippen LogP contribution in [0.4, 0.5) is 5.82 Å². The predicted octanol–water partition coefficient (Wildman–Crippen LogP) is 1.11. The van der Waals surface area contributed by atoms with Crippen molar-refractivity contribution in [3.05, 3.63) is 22.2 Å². The molecule has 1 heterocycles. The van der Waals surface area contributed by atoms with Gasteiger partial charge in [-0.1, -0.05) is 20.8 Å². The van der Waals surface area contributed by atoms with E-state index in [1.165, 1.54) is 6.07 Å². The van der Waals surface area contributed by atoms with E-state index in [0.29, 0.717) is 11.6 Å². The molecule has 0 fully saturated rings. The number of rotatable bonds is 1. The maximum Gasteiger partial charge on any atom is 0.252 e. The van der Waals surface area contributed by atoms with Crippen LogP contribution in [-0.4, -0.2) is 17.0 Å². The van der Waals surface area contributed by atoms with Crippen molar-refractivity contribution in [1.29, 1.82) is 0 Å². The van der Waals surface area contributed by atoms with Gasteiger partial charge in [-0.2, -0.15) is 0 Å². The van der Waals surface area contributed by atoms with E-state index in [2.05, 4.69) is 15.3 Å². The second-order valence-electron chi connectivity index (χ2n) is 3.98. The van der Waals surface area contributed by atoms with Crippen LogP contribution in [0, 0.1) is 0 Å². The summed E-state index contributed by atoms with van der Waals surface area (Å²) >= 11 is 0. The highest BCUT2D eigenvalue weighted by atomic mass is 16.1. The minimum absolute atomic E-state index is 0.121. The van der Waals surface area contributed by atoms with E-state index in [1.54, 1.807) is 7.05 Å². The summed E-state index contributed by atoms with van der Waals surface area (Å²) in [7, 11) is 1.74. The second-order valence-corrected chi connectivity index (χ2v) is 3.98. The first-order valence-corrected chi connectivity index (χ1v) is 4.23. The first kappa shape index (κ1) is 9.77. The molecule has 1 aromatic rings. The molecule has 72 valence electrons. The third kappa shape index (κ3) is 2.31. The maximum atomic E-state index is 11.2. The maximum absolute atomic E-state index is 11.2. The minimum atomic E-state index is -0.133. The average molecular weight is 181 g/mol. The summed E-state index contributed by atoms with van der Waals surface area (Å²) in [5.41, 5.74) is -0.254. The summed E-state index contributed by atoms with van der Waals surface area (Å²) in [4.78, 5) is 18.2.